The van der Waals surface area contributed by atoms with Crippen LogP contribution in [0.15, 0.2) is 158 Å². The maximum Gasteiger partial charge on any atom is 1.00 e. The number of methoxy groups -OCH3 is 1. The molecule has 18 heteroatoms. The average molecular weight is 999 g/mol. The van der Waals surface area contributed by atoms with Crippen LogP contribution in [0, 0.1) is 13.8 Å². The van der Waals surface area contributed by atoms with Gasteiger partial charge >= 0.3 is 30.8 Å². The fraction of sp³-hybridized carbons (Fsp3) is 0.123. The molecule has 0 aliphatic heterocycles. The predicted octanol–water partition coefficient (Wildman–Crippen LogP) is 5.89. The van der Waals surface area contributed by atoms with Crippen LogP contribution in [-0.2, 0) is 27.2 Å². The first-order chi connectivity index (χ1) is 35.2. The number of anilines is 2. The van der Waals surface area contributed by atoms with Crippen LogP contribution in [0.5, 0.6) is 0 Å². The standard InChI is InChI=1S/C29H26N4O4.C28H24N4O4.Li.H2O/c1-18-10-12-19(13-11-18)28(35)31-24-9-4-3-8-23(24)25-17-21(14-15-26(30)34)27(33-32-25)20-6-5-7-22(16-20)29(36)37-2;1-17-9-11-18(12-10-17)27(34)30-23-8-3-2-7-22(23)24-16-20(13-14-25(29)33)26(32-31-24)19-5-4-6-21(15-19)28(35)36;;/h3-13,16-17H,14-15H2,1-2H3,(H2,30,34)(H,31,35);2-12,15-16H,13-14H2,1H3,(H2,29,33)(H,30,34)(H,35,36);;1H2/q;;+1;/p-1. The van der Waals surface area contributed by atoms with E-state index in [1.54, 1.807) is 84.9 Å². The monoisotopic (exact) mass is 998 g/mol. The van der Waals surface area contributed by atoms with E-state index in [1.807, 2.05) is 74.5 Å². The Morgan fingerprint density at radius 1 is 0.507 bits per heavy atom. The van der Waals surface area contributed by atoms with Crippen LogP contribution < -0.4 is 41.0 Å². The first-order valence-electron chi connectivity index (χ1n) is 22.9. The fourth-order valence-electron chi connectivity index (χ4n) is 7.65. The predicted molar refractivity (Wildman–Crippen MR) is 279 cm³/mol. The third-order valence-corrected chi connectivity index (χ3v) is 11.5. The Morgan fingerprint density at radius 2 is 0.907 bits per heavy atom. The van der Waals surface area contributed by atoms with E-state index in [4.69, 9.17) is 16.2 Å². The number of carbonyl (C=O) groups excluding carboxylic acids is 5. The van der Waals surface area contributed by atoms with Crippen LogP contribution in [0.3, 0.4) is 0 Å². The maximum absolute atomic E-state index is 12.9. The molecule has 0 radical (unpaired) electrons. The van der Waals surface area contributed by atoms with E-state index in [0.29, 0.717) is 91.5 Å². The zero-order valence-corrected chi connectivity index (χ0v) is 41.5. The number of para-hydroxylation sites is 2. The molecule has 0 bridgehead atoms. The summed E-state index contributed by atoms with van der Waals surface area (Å²) in [4.78, 5) is 72.2. The molecule has 17 nitrogen and oxygen atoms in total. The molecule has 8 N–H and O–H groups in total. The van der Waals surface area contributed by atoms with Gasteiger partial charge in [0.05, 0.1) is 52.4 Å². The van der Waals surface area contributed by atoms with Gasteiger partial charge < -0.3 is 37.4 Å². The number of ether oxygens (including phenoxy) is 1. The van der Waals surface area contributed by atoms with Crippen LogP contribution in [0.2, 0.25) is 0 Å². The van der Waals surface area contributed by atoms with Crippen molar-refractivity contribution >= 4 is 46.9 Å². The molecule has 0 unspecified atom stereocenters. The number of hydrogen-bond donors (Lipinski definition) is 5. The van der Waals surface area contributed by atoms with Crippen molar-refractivity contribution in [3.63, 3.8) is 0 Å². The minimum absolute atomic E-state index is 0. The molecule has 8 rings (SSSR count). The normalized spacial score (nSPS) is 10.3. The molecule has 75 heavy (non-hydrogen) atoms. The number of esters is 1. The molecule has 8 aromatic rings. The van der Waals surface area contributed by atoms with Crippen LogP contribution >= 0.6 is 0 Å². The number of rotatable bonds is 16. The Bertz CT molecular complexity index is 3370. The number of benzene rings is 6. The summed E-state index contributed by atoms with van der Waals surface area (Å²) < 4.78 is 4.83. The van der Waals surface area contributed by atoms with Gasteiger partial charge in [-0.05, 0) is 111 Å². The number of aromatic nitrogens is 4. The van der Waals surface area contributed by atoms with E-state index in [2.05, 4.69) is 31.0 Å². The second kappa shape index (κ2) is 26.5. The second-order valence-electron chi connectivity index (χ2n) is 16.8. The Balaban J connectivity index is 0.000000270. The van der Waals surface area contributed by atoms with Crippen molar-refractivity contribution in [3.05, 3.63) is 202 Å². The zero-order valence-electron chi connectivity index (χ0n) is 41.5. The van der Waals surface area contributed by atoms with E-state index >= 15 is 0 Å². The Morgan fingerprint density at radius 3 is 1.31 bits per heavy atom. The van der Waals surface area contributed by atoms with Crippen molar-refractivity contribution in [2.24, 2.45) is 11.5 Å². The van der Waals surface area contributed by atoms with Gasteiger partial charge in [0.2, 0.25) is 11.8 Å². The summed E-state index contributed by atoms with van der Waals surface area (Å²) in [6, 6.07) is 45.9. The van der Waals surface area contributed by atoms with Gasteiger partial charge in [-0.2, -0.15) is 0 Å². The molecular weight excluding hydrogens is 948 g/mol. The van der Waals surface area contributed by atoms with Gasteiger partial charge in [-0.25, -0.2) is 9.59 Å². The van der Waals surface area contributed by atoms with Gasteiger partial charge in [0, 0.05) is 46.2 Å². The zero-order chi connectivity index (χ0) is 52.0. The van der Waals surface area contributed by atoms with Crippen LogP contribution in [0.1, 0.15) is 76.5 Å². The number of primary amides is 2. The van der Waals surface area contributed by atoms with Gasteiger partial charge in [0.1, 0.15) is 0 Å². The molecule has 0 atom stereocenters. The summed E-state index contributed by atoms with van der Waals surface area (Å²) in [6.07, 6.45) is 0.819. The summed E-state index contributed by atoms with van der Waals surface area (Å²) in [5.41, 5.74) is 21.5. The molecule has 2 heterocycles. The number of nitrogens with one attached hydrogen (secondary N) is 2. The third-order valence-electron chi connectivity index (χ3n) is 11.5. The maximum atomic E-state index is 12.9. The molecule has 0 aliphatic carbocycles. The molecule has 4 amide bonds. The Labute approximate surface area is 444 Å². The molecule has 6 aromatic carbocycles. The van der Waals surface area contributed by atoms with E-state index in [0.717, 1.165) is 16.7 Å². The number of hydrogen-bond acceptors (Lipinski definition) is 12. The number of carboxylic acids is 1. The number of amides is 4. The first-order valence-corrected chi connectivity index (χ1v) is 22.9. The van der Waals surface area contributed by atoms with Crippen LogP contribution in [0.4, 0.5) is 11.4 Å². The number of aryl methyl sites for hydroxylation is 4. The molecule has 0 saturated heterocycles. The quantitative estimate of drug-likeness (QED) is 0.0558. The fourth-order valence-corrected chi connectivity index (χ4v) is 7.65. The van der Waals surface area contributed by atoms with Crippen molar-refractivity contribution < 1.29 is 62.9 Å². The Kier molecular flexibility index (Phi) is 20.1. The molecule has 0 spiro atoms. The van der Waals surface area contributed by atoms with Crippen molar-refractivity contribution in [1.29, 1.82) is 0 Å². The summed E-state index contributed by atoms with van der Waals surface area (Å²) in [5.74, 6) is -2.94. The molecule has 0 fully saturated rings. The minimum atomic E-state index is -1.06. The molecule has 2 aromatic heterocycles. The second-order valence-corrected chi connectivity index (χ2v) is 16.8. The summed E-state index contributed by atoms with van der Waals surface area (Å²) in [7, 11) is 1.32. The average Bonchev–Trinajstić information content (AvgIpc) is 3.40. The van der Waals surface area contributed by atoms with Crippen molar-refractivity contribution in [2.45, 2.75) is 39.5 Å². The molecular formula is C57H51LiN8O9. The smallest absolute Gasteiger partial charge is 0.870 e. The van der Waals surface area contributed by atoms with Crippen molar-refractivity contribution in [3.8, 4) is 45.0 Å². The number of carboxylic acid groups (broad SMARTS) is 1. The SMILES string of the molecule is COC(=O)c1cccc(-c2nnc(-c3ccccc3NC(=O)c3ccc(C)cc3)cc2CCC(N)=O)c1.Cc1ccc(C(=O)Nc2ccccc2-c2cc(CCC(N)=O)c(-c3cccc(C(=O)O)c3)nn2)cc1.[Li+].[OH-]. The number of carbonyl (C=O) groups is 6. The largest absolute Gasteiger partial charge is 1.00 e. The van der Waals surface area contributed by atoms with E-state index < -0.39 is 23.8 Å². The third kappa shape index (κ3) is 15.0. The van der Waals surface area contributed by atoms with Crippen molar-refractivity contribution in [1.82, 2.24) is 20.4 Å². The molecule has 0 aliphatic rings. The van der Waals surface area contributed by atoms with E-state index in [9.17, 15) is 33.9 Å². The minimum Gasteiger partial charge on any atom is -0.870 e. The van der Waals surface area contributed by atoms with Gasteiger partial charge in [-0.1, -0.05) is 96.1 Å². The Hall–Kier alpha value is -9.14. The number of nitrogens with zero attached hydrogens (tertiary/aromatic N) is 4. The summed E-state index contributed by atoms with van der Waals surface area (Å²) >= 11 is 0. The van der Waals surface area contributed by atoms with Gasteiger partial charge in [-0.3, -0.25) is 19.2 Å². The number of aromatic carboxylic acids is 1. The van der Waals surface area contributed by atoms with Crippen molar-refractivity contribution in [2.75, 3.05) is 17.7 Å². The van der Waals surface area contributed by atoms with Gasteiger partial charge in [0.25, 0.3) is 11.8 Å². The van der Waals surface area contributed by atoms with Crippen LogP contribution in [-0.4, -0.2) is 73.7 Å². The number of nitrogens with two attached hydrogens (primary N) is 2. The molecule has 0 saturated carbocycles. The first kappa shape index (κ1) is 56.8. The molecule has 374 valence electrons. The summed E-state index contributed by atoms with van der Waals surface area (Å²) in [5, 5.41) is 32.9. The van der Waals surface area contributed by atoms with Crippen LogP contribution in [0.25, 0.3) is 45.0 Å². The summed E-state index contributed by atoms with van der Waals surface area (Å²) in [6.45, 7) is 3.91. The van der Waals surface area contributed by atoms with E-state index in [1.165, 1.54) is 19.2 Å². The van der Waals surface area contributed by atoms with E-state index in [-0.39, 0.29) is 54.6 Å². The van der Waals surface area contributed by atoms with Gasteiger partial charge in [0.15, 0.2) is 0 Å². The topological polar surface area (TPSA) is 290 Å². The van der Waals surface area contributed by atoms with Gasteiger partial charge in [-0.15, -0.1) is 20.4 Å².